The van der Waals surface area contributed by atoms with Gasteiger partial charge in [-0.1, -0.05) is 18.2 Å². The Bertz CT molecular complexity index is 659. The van der Waals surface area contributed by atoms with Gasteiger partial charge in [0.2, 0.25) is 5.91 Å². The number of anilines is 1. The molecule has 2 aromatic rings. The Morgan fingerprint density at radius 1 is 1.25 bits per heavy atom. The largest absolute Gasteiger partial charge is 0.308 e. The van der Waals surface area contributed by atoms with Crippen LogP contribution >= 0.6 is 31.9 Å². The molecule has 1 aromatic carbocycles. The highest BCUT2D eigenvalue weighted by Gasteiger charge is 2.09. The highest BCUT2D eigenvalue weighted by atomic mass is 79.9. The van der Waals surface area contributed by atoms with Crippen molar-refractivity contribution >= 4 is 43.6 Å². The quantitative estimate of drug-likeness (QED) is 0.855. The first-order chi connectivity index (χ1) is 9.45. The van der Waals surface area contributed by atoms with E-state index < -0.39 is 0 Å². The highest BCUT2D eigenvalue weighted by molar-refractivity contribution is 9.11. The van der Waals surface area contributed by atoms with Crippen LogP contribution in [-0.2, 0) is 11.2 Å². The average Bonchev–Trinajstić information content (AvgIpc) is 2.37. The maximum absolute atomic E-state index is 12.0. The molecular formula is C14H13Br2N3O. The summed E-state index contributed by atoms with van der Waals surface area (Å²) in [4.78, 5) is 20.2. The number of aromatic nitrogens is 2. The molecule has 1 amide bonds. The summed E-state index contributed by atoms with van der Waals surface area (Å²) >= 11 is 6.48. The van der Waals surface area contributed by atoms with E-state index in [2.05, 4.69) is 47.1 Å². The monoisotopic (exact) mass is 397 g/mol. The molecule has 0 atom stereocenters. The second-order valence-electron chi connectivity index (χ2n) is 4.48. The lowest BCUT2D eigenvalue weighted by molar-refractivity contribution is -0.115. The lowest BCUT2D eigenvalue weighted by atomic mass is 10.0. The molecule has 0 bridgehead atoms. The topological polar surface area (TPSA) is 54.9 Å². The summed E-state index contributed by atoms with van der Waals surface area (Å²) < 4.78 is 1.11. The summed E-state index contributed by atoms with van der Waals surface area (Å²) in [7, 11) is 0. The molecular weight excluding hydrogens is 386 g/mol. The maximum Gasteiger partial charge on any atom is 0.230 e. The predicted molar refractivity (Wildman–Crippen MR) is 85.7 cm³/mol. The van der Waals surface area contributed by atoms with Crippen LogP contribution < -0.4 is 5.32 Å². The van der Waals surface area contributed by atoms with Gasteiger partial charge in [0, 0.05) is 0 Å². The van der Waals surface area contributed by atoms with E-state index in [1.165, 1.54) is 17.3 Å². The van der Waals surface area contributed by atoms with Gasteiger partial charge in [0.15, 0.2) is 5.82 Å². The third kappa shape index (κ3) is 3.86. The van der Waals surface area contributed by atoms with Crippen molar-refractivity contribution in [3.63, 3.8) is 0 Å². The SMILES string of the molecule is Cc1ccc(CC(=O)Nc2ncc(Br)nc2Br)cc1C. The minimum atomic E-state index is -0.120. The first kappa shape index (κ1) is 15.1. The van der Waals surface area contributed by atoms with E-state index in [1.807, 2.05) is 32.0 Å². The van der Waals surface area contributed by atoms with Gasteiger partial charge < -0.3 is 5.32 Å². The Morgan fingerprint density at radius 2 is 2.00 bits per heavy atom. The molecule has 104 valence electrons. The van der Waals surface area contributed by atoms with Crippen molar-refractivity contribution in [2.45, 2.75) is 20.3 Å². The third-order valence-electron chi connectivity index (χ3n) is 2.89. The first-order valence-corrected chi connectivity index (χ1v) is 7.58. The Morgan fingerprint density at radius 3 is 2.65 bits per heavy atom. The minimum absolute atomic E-state index is 0.120. The van der Waals surface area contributed by atoms with Gasteiger partial charge in [0.25, 0.3) is 0 Å². The van der Waals surface area contributed by atoms with Crippen LogP contribution in [0.2, 0.25) is 0 Å². The van der Waals surface area contributed by atoms with Crippen molar-refractivity contribution < 1.29 is 4.79 Å². The number of rotatable bonds is 3. The Hall–Kier alpha value is -1.27. The van der Waals surface area contributed by atoms with E-state index >= 15 is 0 Å². The van der Waals surface area contributed by atoms with Crippen LogP contribution in [0.5, 0.6) is 0 Å². The van der Waals surface area contributed by atoms with E-state index in [0.717, 1.165) is 5.56 Å². The minimum Gasteiger partial charge on any atom is -0.308 e. The van der Waals surface area contributed by atoms with Gasteiger partial charge in [-0.3, -0.25) is 4.79 Å². The average molecular weight is 399 g/mol. The molecule has 0 unspecified atom stereocenters. The van der Waals surface area contributed by atoms with Crippen molar-refractivity contribution in [1.29, 1.82) is 0 Å². The van der Waals surface area contributed by atoms with Gasteiger partial charge in [0.1, 0.15) is 9.21 Å². The van der Waals surface area contributed by atoms with Crippen molar-refractivity contribution in [2.24, 2.45) is 0 Å². The number of carbonyl (C=O) groups is 1. The van der Waals surface area contributed by atoms with Crippen LogP contribution in [0.25, 0.3) is 0 Å². The number of benzene rings is 1. The predicted octanol–water partition coefficient (Wildman–Crippen LogP) is 3.80. The van der Waals surface area contributed by atoms with Gasteiger partial charge >= 0.3 is 0 Å². The first-order valence-electron chi connectivity index (χ1n) is 5.99. The summed E-state index contributed by atoms with van der Waals surface area (Å²) in [5.74, 6) is 0.299. The van der Waals surface area contributed by atoms with Crippen LogP contribution in [0, 0.1) is 13.8 Å². The van der Waals surface area contributed by atoms with Gasteiger partial charge in [-0.15, -0.1) is 0 Å². The van der Waals surface area contributed by atoms with Crippen LogP contribution in [0.15, 0.2) is 33.6 Å². The Kier molecular flexibility index (Phi) is 4.88. The summed E-state index contributed by atoms with van der Waals surface area (Å²) in [6, 6.07) is 6.01. The molecule has 0 radical (unpaired) electrons. The van der Waals surface area contributed by atoms with Crippen molar-refractivity contribution in [2.75, 3.05) is 5.32 Å². The summed E-state index contributed by atoms with van der Waals surface area (Å²) in [6.07, 6.45) is 1.85. The second-order valence-corrected chi connectivity index (χ2v) is 6.04. The molecule has 0 aliphatic carbocycles. The molecule has 2 rings (SSSR count). The number of aryl methyl sites for hydroxylation is 2. The van der Waals surface area contributed by atoms with E-state index in [-0.39, 0.29) is 5.91 Å². The maximum atomic E-state index is 12.0. The molecule has 0 aliphatic heterocycles. The van der Waals surface area contributed by atoms with Gasteiger partial charge in [-0.25, -0.2) is 9.97 Å². The number of halogens is 2. The molecule has 1 aromatic heterocycles. The van der Waals surface area contributed by atoms with E-state index in [9.17, 15) is 4.79 Å². The zero-order valence-electron chi connectivity index (χ0n) is 11.1. The zero-order valence-corrected chi connectivity index (χ0v) is 14.2. The molecule has 6 heteroatoms. The van der Waals surface area contributed by atoms with Crippen LogP contribution in [0.1, 0.15) is 16.7 Å². The van der Waals surface area contributed by atoms with Crippen molar-refractivity contribution in [1.82, 2.24) is 9.97 Å². The third-order valence-corrected chi connectivity index (χ3v) is 3.83. The van der Waals surface area contributed by atoms with Crippen LogP contribution in [0.4, 0.5) is 5.82 Å². The number of hydrogen-bond acceptors (Lipinski definition) is 3. The smallest absolute Gasteiger partial charge is 0.230 e. The Balaban J connectivity index is 2.07. The second kappa shape index (κ2) is 6.45. The normalized spacial score (nSPS) is 10.4. The van der Waals surface area contributed by atoms with Gasteiger partial charge in [-0.05, 0) is 62.4 Å². The number of carbonyl (C=O) groups excluding carboxylic acids is 1. The summed E-state index contributed by atoms with van der Waals surface area (Å²) in [5, 5.41) is 2.74. The van der Waals surface area contributed by atoms with Crippen LogP contribution in [0.3, 0.4) is 0 Å². The van der Waals surface area contributed by atoms with E-state index in [1.54, 1.807) is 0 Å². The fourth-order valence-electron chi connectivity index (χ4n) is 1.71. The molecule has 0 spiro atoms. The molecule has 0 saturated carbocycles. The molecule has 4 nitrogen and oxygen atoms in total. The number of nitrogens with one attached hydrogen (secondary N) is 1. The van der Waals surface area contributed by atoms with E-state index in [4.69, 9.17) is 0 Å². The number of hydrogen-bond donors (Lipinski definition) is 1. The molecule has 0 fully saturated rings. The molecule has 0 aliphatic rings. The van der Waals surface area contributed by atoms with Gasteiger partial charge in [-0.2, -0.15) is 0 Å². The van der Waals surface area contributed by atoms with E-state index in [0.29, 0.717) is 21.4 Å². The zero-order chi connectivity index (χ0) is 14.7. The lowest BCUT2D eigenvalue weighted by Gasteiger charge is -2.07. The Labute approximate surface area is 134 Å². The number of amides is 1. The fourth-order valence-corrected chi connectivity index (χ4v) is 2.62. The molecule has 1 N–H and O–H groups in total. The highest BCUT2D eigenvalue weighted by Crippen LogP contribution is 2.19. The van der Waals surface area contributed by atoms with Crippen molar-refractivity contribution in [3.8, 4) is 0 Å². The fraction of sp³-hybridized carbons (Fsp3) is 0.214. The van der Waals surface area contributed by atoms with Crippen molar-refractivity contribution in [3.05, 3.63) is 50.3 Å². The lowest BCUT2D eigenvalue weighted by Crippen LogP contribution is -2.16. The standard InChI is InChI=1S/C14H13Br2N3O/c1-8-3-4-10(5-9(8)2)6-12(20)19-14-13(16)18-11(15)7-17-14/h3-5,7H,6H2,1-2H3,(H,17,19,20). The molecule has 1 heterocycles. The molecule has 0 saturated heterocycles. The summed E-state index contributed by atoms with van der Waals surface area (Å²) in [5.41, 5.74) is 3.38. The van der Waals surface area contributed by atoms with Gasteiger partial charge in [0.05, 0.1) is 12.6 Å². The van der Waals surface area contributed by atoms with Crippen LogP contribution in [-0.4, -0.2) is 15.9 Å². The number of nitrogens with zero attached hydrogens (tertiary/aromatic N) is 2. The summed E-state index contributed by atoms with van der Waals surface area (Å²) in [6.45, 7) is 4.08. The molecule has 20 heavy (non-hydrogen) atoms.